The van der Waals surface area contributed by atoms with Crippen LogP contribution >= 0.6 is 0 Å². The summed E-state index contributed by atoms with van der Waals surface area (Å²) >= 11 is 0. The van der Waals surface area contributed by atoms with E-state index in [1.165, 1.54) is 32.4 Å². The second-order valence-electron chi connectivity index (χ2n) is 4.76. The third-order valence-corrected chi connectivity index (χ3v) is 2.77. The molecule has 0 aromatic carbocycles. The van der Waals surface area contributed by atoms with E-state index in [4.69, 9.17) is 5.11 Å². The third-order valence-electron chi connectivity index (χ3n) is 2.77. The van der Waals surface area contributed by atoms with Gasteiger partial charge in [0.1, 0.15) is 6.54 Å². The van der Waals surface area contributed by atoms with Crippen molar-refractivity contribution >= 4 is 11.8 Å². The first-order chi connectivity index (χ1) is 10.1. The lowest BCUT2D eigenvalue weighted by molar-refractivity contribution is -0.186. The number of halogens is 3. The molecule has 0 bridgehead atoms. The van der Waals surface area contributed by atoms with Crippen molar-refractivity contribution in [1.82, 2.24) is 14.8 Å². The molecule has 1 N–H and O–H groups in total. The van der Waals surface area contributed by atoms with Gasteiger partial charge in [-0.05, 0) is 17.7 Å². The minimum Gasteiger partial charge on any atom is -0.392 e. The summed E-state index contributed by atoms with van der Waals surface area (Å²) in [5.41, 5.74) is 0.596. The molecule has 1 heterocycles. The monoisotopic (exact) mass is 319 g/mol. The predicted octanol–water partition coefficient (Wildman–Crippen LogP) is 0.553. The maximum atomic E-state index is 12.6. The Morgan fingerprint density at radius 3 is 2.45 bits per heavy atom. The molecule has 0 saturated heterocycles. The van der Waals surface area contributed by atoms with Crippen molar-refractivity contribution in [2.24, 2.45) is 0 Å². The van der Waals surface area contributed by atoms with Gasteiger partial charge in [-0.3, -0.25) is 14.6 Å². The van der Waals surface area contributed by atoms with E-state index in [-0.39, 0.29) is 12.3 Å². The first kappa shape index (κ1) is 17.9. The lowest BCUT2D eigenvalue weighted by Crippen LogP contribution is -2.45. The number of hydrogen-bond acceptors (Lipinski definition) is 4. The number of carbonyl (C=O) groups excluding carboxylic acids is 2. The highest BCUT2D eigenvalue weighted by atomic mass is 19.4. The molecule has 22 heavy (non-hydrogen) atoms. The molecule has 1 aromatic heterocycles. The number of nitrogens with zero attached hydrogens (tertiary/aromatic N) is 3. The Hall–Kier alpha value is -2.16. The van der Waals surface area contributed by atoms with Gasteiger partial charge in [-0.25, -0.2) is 0 Å². The number of rotatable bonds is 5. The van der Waals surface area contributed by atoms with Crippen molar-refractivity contribution in [3.63, 3.8) is 0 Å². The van der Waals surface area contributed by atoms with E-state index in [0.29, 0.717) is 10.5 Å². The molecule has 6 nitrogen and oxygen atoms in total. The molecule has 0 unspecified atom stereocenters. The van der Waals surface area contributed by atoms with E-state index in [2.05, 4.69) is 4.98 Å². The van der Waals surface area contributed by atoms with Crippen LogP contribution in [0.25, 0.3) is 0 Å². The summed E-state index contributed by atoms with van der Waals surface area (Å²) in [6.07, 6.45) is -3.77. The predicted molar refractivity (Wildman–Crippen MR) is 70.3 cm³/mol. The normalized spacial score (nSPS) is 11.2. The molecule has 1 aromatic rings. The van der Waals surface area contributed by atoms with Gasteiger partial charge < -0.3 is 14.9 Å². The lowest BCUT2D eigenvalue weighted by atomic mass is 10.2. The molecule has 0 atom stereocenters. The van der Waals surface area contributed by atoms with E-state index in [9.17, 15) is 22.8 Å². The van der Waals surface area contributed by atoms with Gasteiger partial charge in [0.2, 0.25) is 5.91 Å². The van der Waals surface area contributed by atoms with Crippen LogP contribution < -0.4 is 0 Å². The Morgan fingerprint density at radius 2 is 1.95 bits per heavy atom. The fourth-order valence-electron chi connectivity index (χ4n) is 1.59. The number of likely N-dealkylation sites (N-methyl/N-ethyl adjacent to an activating group) is 1. The van der Waals surface area contributed by atoms with Gasteiger partial charge >= 0.3 is 12.1 Å². The van der Waals surface area contributed by atoms with E-state index >= 15 is 0 Å². The zero-order valence-corrected chi connectivity index (χ0v) is 12.1. The number of aliphatic hydroxyl groups is 1. The zero-order valence-electron chi connectivity index (χ0n) is 12.1. The highest BCUT2D eigenvalue weighted by molar-refractivity contribution is 5.87. The Bertz CT molecular complexity index is 547. The standard InChI is InChI=1S/C13H16F3N3O3/c1-18(2)11(21)7-19(12(22)13(14,15)16)6-10-5-9(8-20)3-4-17-10/h3-5,20H,6-8H2,1-2H3. The average Bonchev–Trinajstić information content (AvgIpc) is 2.44. The number of aromatic nitrogens is 1. The van der Waals surface area contributed by atoms with E-state index in [0.717, 1.165) is 4.90 Å². The van der Waals surface area contributed by atoms with Crippen LogP contribution in [0.3, 0.4) is 0 Å². The van der Waals surface area contributed by atoms with Crippen LogP contribution in [0, 0.1) is 0 Å². The van der Waals surface area contributed by atoms with Crippen molar-refractivity contribution in [3.05, 3.63) is 29.6 Å². The Morgan fingerprint density at radius 1 is 1.32 bits per heavy atom. The van der Waals surface area contributed by atoms with Gasteiger partial charge in [0, 0.05) is 20.3 Å². The van der Waals surface area contributed by atoms with Gasteiger partial charge in [-0.2, -0.15) is 13.2 Å². The summed E-state index contributed by atoms with van der Waals surface area (Å²) in [5, 5.41) is 9.00. The molecule has 0 saturated carbocycles. The van der Waals surface area contributed by atoms with Crippen LogP contribution in [-0.2, 0) is 22.7 Å². The SMILES string of the molecule is CN(C)C(=O)CN(Cc1cc(CO)ccn1)C(=O)C(F)(F)F. The topological polar surface area (TPSA) is 73.7 Å². The number of alkyl halides is 3. The number of pyridine rings is 1. The highest BCUT2D eigenvalue weighted by Crippen LogP contribution is 2.20. The molecule has 0 aliphatic rings. The molecule has 9 heteroatoms. The van der Waals surface area contributed by atoms with Gasteiger partial charge in [-0.1, -0.05) is 0 Å². The number of carbonyl (C=O) groups is 2. The van der Waals surface area contributed by atoms with Crippen molar-refractivity contribution < 1.29 is 27.9 Å². The third kappa shape index (κ3) is 4.99. The summed E-state index contributed by atoms with van der Waals surface area (Å²) in [6.45, 7) is -1.50. The smallest absolute Gasteiger partial charge is 0.392 e. The van der Waals surface area contributed by atoms with Crippen LogP contribution in [0.5, 0.6) is 0 Å². The summed E-state index contributed by atoms with van der Waals surface area (Å²) in [7, 11) is 2.76. The lowest BCUT2D eigenvalue weighted by Gasteiger charge is -2.24. The summed E-state index contributed by atoms with van der Waals surface area (Å²) < 4.78 is 37.9. The fraction of sp³-hybridized carbons (Fsp3) is 0.462. The second-order valence-corrected chi connectivity index (χ2v) is 4.76. The minimum absolute atomic E-state index is 0.149. The maximum absolute atomic E-state index is 12.6. The molecule has 122 valence electrons. The summed E-state index contributed by atoms with van der Waals surface area (Å²) in [6, 6.07) is 2.86. The molecular formula is C13H16F3N3O3. The quantitative estimate of drug-likeness (QED) is 0.860. The summed E-state index contributed by atoms with van der Waals surface area (Å²) in [4.78, 5) is 28.4. The average molecular weight is 319 g/mol. The molecule has 0 spiro atoms. The largest absolute Gasteiger partial charge is 0.471 e. The molecule has 0 fully saturated rings. The highest BCUT2D eigenvalue weighted by Gasteiger charge is 2.43. The van der Waals surface area contributed by atoms with E-state index in [1.807, 2.05) is 0 Å². The molecule has 2 amide bonds. The summed E-state index contributed by atoms with van der Waals surface area (Å²) in [5.74, 6) is -2.75. The van der Waals surface area contributed by atoms with Gasteiger partial charge in [-0.15, -0.1) is 0 Å². The van der Waals surface area contributed by atoms with Crippen LogP contribution in [-0.4, -0.2) is 58.5 Å². The van der Waals surface area contributed by atoms with Crippen LogP contribution in [0.2, 0.25) is 0 Å². The van der Waals surface area contributed by atoms with Crippen LogP contribution in [0.1, 0.15) is 11.3 Å². The Balaban J connectivity index is 2.99. The van der Waals surface area contributed by atoms with Crippen LogP contribution in [0.4, 0.5) is 13.2 Å². The molecule has 0 aliphatic heterocycles. The second kappa shape index (κ2) is 7.21. The Labute approximate surface area is 125 Å². The van der Waals surface area contributed by atoms with Crippen molar-refractivity contribution in [2.45, 2.75) is 19.3 Å². The molecule has 0 aliphatic carbocycles. The first-order valence-electron chi connectivity index (χ1n) is 6.26. The van der Waals surface area contributed by atoms with Gasteiger partial charge in [0.05, 0.1) is 18.8 Å². The number of hydrogen-bond donors (Lipinski definition) is 1. The number of aliphatic hydroxyl groups excluding tert-OH is 1. The van der Waals surface area contributed by atoms with E-state index in [1.54, 1.807) is 0 Å². The fourth-order valence-corrected chi connectivity index (χ4v) is 1.59. The van der Waals surface area contributed by atoms with E-state index < -0.39 is 31.1 Å². The minimum atomic E-state index is -5.08. The molecule has 1 rings (SSSR count). The molecule has 0 radical (unpaired) electrons. The van der Waals surface area contributed by atoms with Gasteiger partial charge in [0.25, 0.3) is 0 Å². The van der Waals surface area contributed by atoms with Crippen molar-refractivity contribution in [3.8, 4) is 0 Å². The van der Waals surface area contributed by atoms with Gasteiger partial charge in [0.15, 0.2) is 0 Å². The van der Waals surface area contributed by atoms with Crippen LogP contribution in [0.15, 0.2) is 18.3 Å². The molecular weight excluding hydrogens is 303 g/mol. The first-order valence-corrected chi connectivity index (χ1v) is 6.26. The van der Waals surface area contributed by atoms with Crippen molar-refractivity contribution in [1.29, 1.82) is 0 Å². The zero-order chi connectivity index (χ0) is 16.9. The maximum Gasteiger partial charge on any atom is 0.471 e. The van der Waals surface area contributed by atoms with Crippen molar-refractivity contribution in [2.75, 3.05) is 20.6 Å². The number of amides is 2. The Kier molecular flexibility index (Phi) is 5.86.